The highest BCUT2D eigenvalue weighted by molar-refractivity contribution is 7.98. The van der Waals surface area contributed by atoms with Crippen molar-refractivity contribution in [2.24, 2.45) is 0 Å². The molecule has 0 aliphatic heterocycles. The average molecular weight is 298 g/mol. The minimum absolute atomic E-state index is 0.108. The molecule has 0 atom stereocenters. The highest BCUT2D eigenvalue weighted by atomic mass is 35.5. The van der Waals surface area contributed by atoms with Crippen molar-refractivity contribution < 1.29 is 14.3 Å². The zero-order valence-corrected chi connectivity index (χ0v) is 11.2. The van der Waals surface area contributed by atoms with Crippen molar-refractivity contribution >= 4 is 29.3 Å². The molecule has 3 nitrogen and oxygen atoms in total. The number of rotatable bonds is 4. The molecule has 19 heavy (non-hydrogen) atoms. The number of carboxylic acids is 1. The molecule has 0 unspecified atom stereocenters. The molecule has 98 valence electrons. The summed E-state index contributed by atoms with van der Waals surface area (Å²) in [7, 11) is 0. The number of carboxylic acid groups (broad SMARTS) is 1. The van der Waals surface area contributed by atoms with Crippen LogP contribution in [-0.2, 0) is 5.75 Å². The molecule has 1 aromatic heterocycles. The van der Waals surface area contributed by atoms with Crippen LogP contribution < -0.4 is 0 Å². The van der Waals surface area contributed by atoms with Crippen molar-refractivity contribution in [1.82, 2.24) is 4.98 Å². The molecule has 2 aromatic rings. The van der Waals surface area contributed by atoms with Crippen LogP contribution in [0.3, 0.4) is 0 Å². The number of halogens is 2. The predicted octanol–water partition coefficient (Wildman–Crippen LogP) is 3.86. The van der Waals surface area contributed by atoms with Crippen LogP contribution in [-0.4, -0.2) is 16.1 Å². The van der Waals surface area contributed by atoms with E-state index < -0.39 is 11.8 Å². The van der Waals surface area contributed by atoms with Gasteiger partial charge in [0.25, 0.3) is 0 Å². The first kappa shape index (κ1) is 13.8. The molecule has 0 bridgehead atoms. The smallest absolute Gasteiger partial charge is 0.337 e. The van der Waals surface area contributed by atoms with Gasteiger partial charge in [0.05, 0.1) is 15.6 Å². The lowest BCUT2D eigenvalue weighted by atomic mass is 10.2. The molecule has 2 rings (SSSR count). The van der Waals surface area contributed by atoms with E-state index in [1.165, 1.54) is 30.1 Å². The Bertz CT molecular complexity index is 604. The summed E-state index contributed by atoms with van der Waals surface area (Å²) in [5.41, 5.74) is 0.809. The van der Waals surface area contributed by atoms with Gasteiger partial charge in [-0.1, -0.05) is 23.7 Å². The third-order valence-corrected chi connectivity index (χ3v) is 3.81. The van der Waals surface area contributed by atoms with Crippen LogP contribution in [0.4, 0.5) is 4.39 Å². The molecule has 0 aliphatic rings. The molecule has 0 spiro atoms. The van der Waals surface area contributed by atoms with E-state index in [1.54, 1.807) is 18.2 Å². The number of benzene rings is 1. The fraction of sp³-hybridized carbons (Fsp3) is 0.0769. The van der Waals surface area contributed by atoms with Crippen molar-refractivity contribution in [2.45, 2.75) is 10.8 Å². The number of nitrogens with zero attached hydrogens (tertiary/aromatic N) is 1. The molecule has 0 fully saturated rings. The van der Waals surface area contributed by atoms with Gasteiger partial charge in [-0.05, 0) is 23.8 Å². The van der Waals surface area contributed by atoms with Crippen LogP contribution in [0.15, 0.2) is 41.6 Å². The summed E-state index contributed by atoms with van der Waals surface area (Å²) in [6, 6.07) is 7.73. The number of carbonyl (C=O) groups is 1. The van der Waals surface area contributed by atoms with Gasteiger partial charge in [-0.3, -0.25) is 0 Å². The number of hydrogen-bond donors (Lipinski definition) is 1. The van der Waals surface area contributed by atoms with Gasteiger partial charge in [0, 0.05) is 11.9 Å². The maximum Gasteiger partial charge on any atom is 0.337 e. The lowest BCUT2D eigenvalue weighted by Gasteiger charge is -2.04. The van der Waals surface area contributed by atoms with Gasteiger partial charge < -0.3 is 5.11 Å². The summed E-state index contributed by atoms with van der Waals surface area (Å²) in [5.74, 6) is -0.998. The average Bonchev–Trinajstić information content (AvgIpc) is 2.41. The number of hydrogen-bond acceptors (Lipinski definition) is 3. The Labute approximate surface area is 118 Å². The van der Waals surface area contributed by atoms with E-state index in [4.69, 9.17) is 16.7 Å². The number of aromatic carboxylic acids is 1. The van der Waals surface area contributed by atoms with E-state index in [0.29, 0.717) is 16.3 Å². The third kappa shape index (κ3) is 3.45. The highest BCUT2D eigenvalue weighted by Gasteiger charge is 2.07. The van der Waals surface area contributed by atoms with E-state index in [0.717, 1.165) is 0 Å². The molecule has 0 amide bonds. The second-order valence-electron chi connectivity index (χ2n) is 3.69. The molecule has 0 saturated carbocycles. The normalized spacial score (nSPS) is 10.4. The van der Waals surface area contributed by atoms with Crippen LogP contribution in [0.2, 0.25) is 5.02 Å². The lowest BCUT2D eigenvalue weighted by molar-refractivity contribution is 0.0696. The van der Waals surface area contributed by atoms with E-state index in [9.17, 15) is 9.18 Å². The quantitative estimate of drug-likeness (QED) is 0.871. The second kappa shape index (κ2) is 6.04. The van der Waals surface area contributed by atoms with Gasteiger partial charge >= 0.3 is 5.97 Å². The van der Waals surface area contributed by atoms with Crippen molar-refractivity contribution in [3.8, 4) is 0 Å². The summed E-state index contributed by atoms with van der Waals surface area (Å²) in [5, 5.41) is 9.51. The monoisotopic (exact) mass is 297 g/mol. The molecule has 1 aromatic carbocycles. The standard InChI is InChI=1S/C13H9ClFNO2S/c14-12-9(2-1-3-10(12)15)7-19-11-5-4-8(6-16-11)13(17)18/h1-6H,7H2,(H,17,18). The van der Waals surface area contributed by atoms with Gasteiger partial charge in [0.2, 0.25) is 0 Å². The van der Waals surface area contributed by atoms with Crippen LogP contribution in [0.25, 0.3) is 0 Å². The third-order valence-electron chi connectivity index (χ3n) is 2.39. The van der Waals surface area contributed by atoms with E-state index in [-0.39, 0.29) is 10.6 Å². The van der Waals surface area contributed by atoms with Crippen LogP contribution in [0, 0.1) is 5.82 Å². The first-order valence-corrected chi connectivity index (χ1v) is 6.69. The van der Waals surface area contributed by atoms with Crippen molar-refractivity contribution in [2.75, 3.05) is 0 Å². The molecule has 0 radical (unpaired) electrons. The summed E-state index contributed by atoms with van der Waals surface area (Å²) in [6.07, 6.45) is 1.29. The Morgan fingerprint density at radius 2 is 2.16 bits per heavy atom. The van der Waals surface area contributed by atoms with Crippen molar-refractivity contribution in [3.05, 3.63) is 58.5 Å². The topological polar surface area (TPSA) is 50.2 Å². The fourth-order valence-electron chi connectivity index (χ4n) is 1.40. The Hall–Kier alpha value is -1.59. The van der Waals surface area contributed by atoms with Gasteiger partial charge in [-0.15, -0.1) is 11.8 Å². The second-order valence-corrected chi connectivity index (χ2v) is 5.07. The molecule has 0 saturated heterocycles. The van der Waals surface area contributed by atoms with Crippen LogP contribution in [0.5, 0.6) is 0 Å². The first-order valence-electron chi connectivity index (χ1n) is 5.33. The maximum absolute atomic E-state index is 13.2. The van der Waals surface area contributed by atoms with Crippen LogP contribution >= 0.6 is 23.4 Å². The SMILES string of the molecule is O=C(O)c1ccc(SCc2cccc(F)c2Cl)nc1. The summed E-state index contributed by atoms with van der Waals surface area (Å²) in [4.78, 5) is 14.7. The highest BCUT2D eigenvalue weighted by Crippen LogP contribution is 2.27. The number of thioether (sulfide) groups is 1. The maximum atomic E-state index is 13.2. The van der Waals surface area contributed by atoms with E-state index in [2.05, 4.69) is 4.98 Å². The molecular weight excluding hydrogens is 289 g/mol. The Morgan fingerprint density at radius 3 is 2.79 bits per heavy atom. The Kier molecular flexibility index (Phi) is 4.39. The minimum atomic E-state index is -1.02. The lowest BCUT2D eigenvalue weighted by Crippen LogP contribution is -1.96. The largest absolute Gasteiger partial charge is 0.478 e. The summed E-state index contributed by atoms with van der Waals surface area (Å²) >= 11 is 7.20. The molecule has 1 N–H and O–H groups in total. The van der Waals surface area contributed by atoms with Gasteiger partial charge in [-0.2, -0.15) is 0 Å². The van der Waals surface area contributed by atoms with Crippen LogP contribution in [0.1, 0.15) is 15.9 Å². The Balaban J connectivity index is 2.06. The fourth-order valence-corrected chi connectivity index (χ4v) is 2.51. The summed E-state index contributed by atoms with van der Waals surface area (Å²) < 4.78 is 13.2. The zero-order chi connectivity index (χ0) is 13.8. The van der Waals surface area contributed by atoms with Gasteiger partial charge in [-0.25, -0.2) is 14.2 Å². The van der Waals surface area contributed by atoms with Crippen molar-refractivity contribution in [1.29, 1.82) is 0 Å². The first-order chi connectivity index (χ1) is 9.08. The predicted molar refractivity (Wildman–Crippen MR) is 72.2 cm³/mol. The van der Waals surface area contributed by atoms with E-state index >= 15 is 0 Å². The molecule has 6 heteroatoms. The Morgan fingerprint density at radius 1 is 1.37 bits per heavy atom. The molecule has 0 aliphatic carbocycles. The molecular formula is C13H9ClFNO2S. The van der Waals surface area contributed by atoms with Gasteiger partial charge in [0.15, 0.2) is 0 Å². The van der Waals surface area contributed by atoms with Gasteiger partial charge in [0.1, 0.15) is 5.82 Å². The molecule has 1 heterocycles. The number of pyridine rings is 1. The minimum Gasteiger partial charge on any atom is -0.478 e. The van der Waals surface area contributed by atoms with Crippen molar-refractivity contribution in [3.63, 3.8) is 0 Å². The summed E-state index contributed by atoms with van der Waals surface area (Å²) in [6.45, 7) is 0. The van der Waals surface area contributed by atoms with E-state index in [1.807, 2.05) is 0 Å². The number of aromatic nitrogens is 1. The zero-order valence-electron chi connectivity index (χ0n) is 9.64.